The first-order valence-corrected chi connectivity index (χ1v) is 8.10. The molecule has 1 rings (SSSR count). The fourth-order valence-corrected chi connectivity index (χ4v) is 4.55. The van der Waals surface area contributed by atoms with Gasteiger partial charge in [0.25, 0.3) is 5.91 Å². The van der Waals surface area contributed by atoms with E-state index in [1.807, 2.05) is 6.92 Å². The summed E-state index contributed by atoms with van der Waals surface area (Å²) in [6.45, 7) is 3.62. The highest BCUT2D eigenvalue weighted by molar-refractivity contribution is 9.12. The predicted molar refractivity (Wildman–Crippen MR) is 82.5 cm³/mol. The Morgan fingerprint density at radius 3 is 2.53 bits per heavy atom. The predicted octanol–water partition coefficient (Wildman–Crippen LogP) is 3.73. The summed E-state index contributed by atoms with van der Waals surface area (Å²) in [6, 6.07) is 1.72. The van der Waals surface area contributed by atoms with Gasteiger partial charge in [-0.05, 0) is 51.3 Å². The lowest BCUT2D eigenvalue weighted by Gasteiger charge is -2.27. The normalized spacial score (nSPS) is 13.7. The summed E-state index contributed by atoms with van der Waals surface area (Å²) in [7, 11) is 1.32. The van der Waals surface area contributed by atoms with E-state index in [4.69, 9.17) is 4.74 Å². The van der Waals surface area contributed by atoms with Gasteiger partial charge in [0.1, 0.15) is 5.54 Å². The van der Waals surface area contributed by atoms with Crippen LogP contribution in [0.25, 0.3) is 0 Å². The average molecular weight is 413 g/mol. The summed E-state index contributed by atoms with van der Waals surface area (Å²) in [5, 5.41) is 2.76. The topological polar surface area (TPSA) is 55.4 Å². The van der Waals surface area contributed by atoms with E-state index in [0.717, 1.165) is 14.0 Å². The zero-order valence-corrected chi connectivity index (χ0v) is 14.9. The summed E-state index contributed by atoms with van der Waals surface area (Å²) < 4.78 is 6.34. The number of carbonyl (C=O) groups excluding carboxylic acids is 2. The maximum Gasteiger partial charge on any atom is 0.331 e. The van der Waals surface area contributed by atoms with Gasteiger partial charge in [-0.15, -0.1) is 11.3 Å². The van der Waals surface area contributed by atoms with E-state index in [1.54, 1.807) is 13.0 Å². The molecule has 1 amide bonds. The average Bonchev–Trinajstić information content (AvgIpc) is 2.67. The van der Waals surface area contributed by atoms with E-state index in [0.29, 0.717) is 12.0 Å². The highest BCUT2D eigenvalue weighted by atomic mass is 79.9. The molecule has 1 aromatic heterocycles. The van der Waals surface area contributed by atoms with Crippen LogP contribution in [0.4, 0.5) is 0 Å². The van der Waals surface area contributed by atoms with E-state index >= 15 is 0 Å². The summed E-state index contributed by atoms with van der Waals surface area (Å²) in [6.07, 6.45) is 1.29. The van der Waals surface area contributed by atoms with Crippen molar-refractivity contribution >= 4 is 55.1 Å². The van der Waals surface area contributed by atoms with E-state index in [2.05, 4.69) is 37.2 Å². The minimum atomic E-state index is -1.01. The van der Waals surface area contributed by atoms with Gasteiger partial charge in [0.2, 0.25) is 0 Å². The number of hydrogen-bond acceptors (Lipinski definition) is 4. The molecule has 0 aliphatic heterocycles. The Hall–Kier alpha value is -0.400. The van der Waals surface area contributed by atoms with Crippen LogP contribution in [0, 0.1) is 0 Å². The fourth-order valence-electron chi connectivity index (χ4n) is 1.75. The van der Waals surface area contributed by atoms with Crippen LogP contribution in [0.15, 0.2) is 13.6 Å². The molecule has 4 nitrogen and oxygen atoms in total. The van der Waals surface area contributed by atoms with Crippen molar-refractivity contribution in [1.29, 1.82) is 0 Å². The van der Waals surface area contributed by atoms with Gasteiger partial charge in [-0.3, -0.25) is 4.79 Å². The molecule has 0 aliphatic rings. The SMILES string of the molecule is CCCC(C)(NC(=O)c1cc(Br)sc1Br)C(=O)OC. The van der Waals surface area contributed by atoms with Crippen molar-refractivity contribution in [3.05, 3.63) is 19.2 Å². The molecule has 1 aromatic rings. The summed E-state index contributed by atoms with van der Waals surface area (Å²) in [5.41, 5.74) is -0.503. The van der Waals surface area contributed by atoms with E-state index in [1.165, 1.54) is 18.4 Å². The number of thiophene rings is 1. The minimum Gasteiger partial charge on any atom is -0.467 e. The maximum absolute atomic E-state index is 12.2. The molecule has 0 radical (unpaired) electrons. The second-order valence-electron chi connectivity index (χ2n) is 4.27. The Morgan fingerprint density at radius 2 is 2.11 bits per heavy atom. The molecule has 7 heteroatoms. The number of halogens is 2. The molecule has 106 valence electrons. The molecule has 0 saturated carbocycles. The number of ether oxygens (including phenoxy) is 1. The van der Waals surface area contributed by atoms with Crippen LogP contribution in [-0.2, 0) is 9.53 Å². The van der Waals surface area contributed by atoms with Crippen molar-refractivity contribution < 1.29 is 14.3 Å². The van der Waals surface area contributed by atoms with Crippen molar-refractivity contribution in [3.63, 3.8) is 0 Å². The van der Waals surface area contributed by atoms with Crippen LogP contribution in [0.3, 0.4) is 0 Å². The number of amides is 1. The van der Waals surface area contributed by atoms with Crippen LogP contribution in [0.2, 0.25) is 0 Å². The number of rotatable bonds is 5. The van der Waals surface area contributed by atoms with E-state index in [-0.39, 0.29) is 5.91 Å². The first-order chi connectivity index (χ1) is 8.84. The minimum absolute atomic E-state index is 0.296. The zero-order valence-electron chi connectivity index (χ0n) is 10.9. The second-order valence-corrected chi connectivity index (χ2v) is 8.02. The molecule has 1 heterocycles. The molecular weight excluding hydrogens is 398 g/mol. The first kappa shape index (κ1) is 16.7. The van der Waals surface area contributed by atoms with Gasteiger partial charge in [-0.25, -0.2) is 4.79 Å². The molecule has 0 spiro atoms. The van der Waals surface area contributed by atoms with Crippen molar-refractivity contribution in [1.82, 2.24) is 5.32 Å². The van der Waals surface area contributed by atoms with E-state index in [9.17, 15) is 9.59 Å². The Morgan fingerprint density at radius 1 is 1.47 bits per heavy atom. The van der Waals surface area contributed by atoms with E-state index < -0.39 is 11.5 Å². The Balaban J connectivity index is 2.94. The summed E-state index contributed by atoms with van der Waals surface area (Å²) in [5.74, 6) is -0.733. The Kier molecular flexibility index (Phi) is 6.01. The van der Waals surface area contributed by atoms with Crippen molar-refractivity contribution in [2.45, 2.75) is 32.2 Å². The Labute approximate surface area is 133 Å². The van der Waals surface area contributed by atoms with Crippen LogP contribution < -0.4 is 5.32 Å². The highest BCUT2D eigenvalue weighted by Crippen LogP contribution is 2.32. The van der Waals surface area contributed by atoms with Crippen LogP contribution in [-0.4, -0.2) is 24.5 Å². The third kappa shape index (κ3) is 4.03. The van der Waals surface area contributed by atoms with Gasteiger partial charge >= 0.3 is 5.97 Å². The van der Waals surface area contributed by atoms with Crippen LogP contribution in [0.5, 0.6) is 0 Å². The number of methoxy groups -OCH3 is 1. The molecular formula is C12H15Br2NO3S. The molecule has 0 bridgehead atoms. The van der Waals surface area contributed by atoms with Crippen molar-refractivity contribution in [2.24, 2.45) is 0 Å². The number of nitrogens with one attached hydrogen (secondary N) is 1. The quantitative estimate of drug-likeness (QED) is 0.749. The lowest BCUT2D eigenvalue weighted by atomic mass is 9.96. The molecule has 1 atom stereocenters. The Bertz CT molecular complexity index is 489. The molecule has 1 N–H and O–H groups in total. The highest BCUT2D eigenvalue weighted by Gasteiger charge is 2.35. The number of esters is 1. The molecule has 0 aliphatic carbocycles. The van der Waals surface area contributed by atoms with Gasteiger partial charge in [0.05, 0.1) is 20.2 Å². The maximum atomic E-state index is 12.2. The van der Waals surface area contributed by atoms with Crippen LogP contribution in [0.1, 0.15) is 37.0 Å². The van der Waals surface area contributed by atoms with Gasteiger partial charge < -0.3 is 10.1 Å². The molecule has 0 saturated heterocycles. The number of carbonyl (C=O) groups is 2. The zero-order chi connectivity index (χ0) is 14.6. The molecule has 0 fully saturated rings. The third-order valence-electron chi connectivity index (χ3n) is 2.68. The van der Waals surface area contributed by atoms with Gasteiger partial charge in [-0.1, -0.05) is 13.3 Å². The molecule has 1 unspecified atom stereocenters. The molecule has 0 aromatic carbocycles. The van der Waals surface area contributed by atoms with Gasteiger partial charge in [0.15, 0.2) is 0 Å². The summed E-state index contributed by atoms with van der Waals surface area (Å²) >= 11 is 8.06. The molecule has 19 heavy (non-hydrogen) atoms. The first-order valence-electron chi connectivity index (χ1n) is 5.69. The lowest BCUT2D eigenvalue weighted by Crippen LogP contribution is -2.52. The van der Waals surface area contributed by atoms with Crippen molar-refractivity contribution in [2.75, 3.05) is 7.11 Å². The standard InChI is InChI=1S/C12H15Br2NO3S/c1-4-5-12(2,11(17)18-3)15-10(16)7-6-8(13)19-9(7)14/h6H,4-5H2,1-3H3,(H,15,16). The van der Waals surface area contributed by atoms with Crippen LogP contribution >= 0.6 is 43.2 Å². The third-order valence-corrected chi connectivity index (χ3v) is 5.02. The van der Waals surface area contributed by atoms with Gasteiger partial charge in [0, 0.05) is 0 Å². The van der Waals surface area contributed by atoms with Gasteiger partial charge in [-0.2, -0.15) is 0 Å². The number of hydrogen-bond donors (Lipinski definition) is 1. The van der Waals surface area contributed by atoms with Crippen molar-refractivity contribution in [3.8, 4) is 0 Å². The monoisotopic (exact) mass is 411 g/mol. The second kappa shape index (κ2) is 6.85. The largest absolute Gasteiger partial charge is 0.467 e. The lowest BCUT2D eigenvalue weighted by molar-refractivity contribution is -0.147. The smallest absolute Gasteiger partial charge is 0.331 e. The summed E-state index contributed by atoms with van der Waals surface area (Å²) in [4.78, 5) is 24.1. The fraction of sp³-hybridized carbons (Fsp3) is 0.500.